The molecular formula is C30H34BNO5. The normalized spacial score (nSPS) is 16.4. The standard InChI is InChI=1S/C30H34BNO5/c1-6-34-28(33)27-23(16-11-19-35-25-18-9-13-20-12-7-8-14-21(20)25)22-15-10-17-24(26(22)32-27)31-36-29(2,3)30(4,5)37-31/h7-10,12-15,17-18,32H,6,11,16,19H2,1-5H3. The van der Waals surface area contributed by atoms with E-state index in [1.165, 1.54) is 0 Å². The molecule has 5 rings (SSSR count). The molecule has 0 amide bonds. The molecule has 6 nitrogen and oxygen atoms in total. The van der Waals surface area contributed by atoms with Crippen LogP contribution in [0.4, 0.5) is 0 Å². The fraction of sp³-hybridized carbons (Fsp3) is 0.367. The molecule has 7 heteroatoms. The van der Waals surface area contributed by atoms with Gasteiger partial charge in [-0.3, -0.25) is 0 Å². The number of fused-ring (bicyclic) bond motifs is 2. The second kappa shape index (κ2) is 9.88. The molecule has 192 valence electrons. The van der Waals surface area contributed by atoms with Crippen LogP contribution >= 0.6 is 0 Å². The Kier molecular flexibility index (Phi) is 6.77. The highest BCUT2D eigenvalue weighted by atomic mass is 16.7. The lowest BCUT2D eigenvalue weighted by Gasteiger charge is -2.32. The summed E-state index contributed by atoms with van der Waals surface area (Å²) in [7, 11) is -0.537. The SMILES string of the molecule is CCOC(=O)c1[nH]c2c(B3OC(C)(C)C(C)(C)O3)cccc2c1CCCOc1cccc2ccccc12. The summed E-state index contributed by atoms with van der Waals surface area (Å²) in [6.07, 6.45) is 1.40. The van der Waals surface area contributed by atoms with Gasteiger partial charge in [0.15, 0.2) is 0 Å². The fourth-order valence-corrected chi connectivity index (χ4v) is 4.85. The molecule has 1 aliphatic heterocycles. The Morgan fingerprint density at radius 1 is 0.919 bits per heavy atom. The lowest BCUT2D eigenvalue weighted by Crippen LogP contribution is -2.41. The van der Waals surface area contributed by atoms with Crippen molar-refractivity contribution >= 4 is 40.2 Å². The predicted octanol–water partition coefficient (Wildman–Crippen LogP) is 5.81. The number of esters is 1. The highest BCUT2D eigenvalue weighted by Crippen LogP contribution is 2.37. The molecule has 0 aliphatic carbocycles. The lowest BCUT2D eigenvalue weighted by atomic mass is 9.77. The van der Waals surface area contributed by atoms with E-state index in [1.54, 1.807) is 0 Å². The van der Waals surface area contributed by atoms with Gasteiger partial charge in [-0.25, -0.2) is 4.79 Å². The Bertz CT molecular complexity index is 1420. The monoisotopic (exact) mass is 499 g/mol. The minimum Gasteiger partial charge on any atom is -0.493 e. The van der Waals surface area contributed by atoms with E-state index >= 15 is 0 Å². The van der Waals surface area contributed by atoms with Crippen molar-refractivity contribution in [2.75, 3.05) is 13.2 Å². The van der Waals surface area contributed by atoms with Gasteiger partial charge in [0, 0.05) is 21.8 Å². The number of nitrogens with one attached hydrogen (secondary N) is 1. The minimum absolute atomic E-state index is 0.307. The molecule has 1 aromatic heterocycles. The van der Waals surface area contributed by atoms with Crippen LogP contribution in [0.2, 0.25) is 0 Å². The van der Waals surface area contributed by atoms with Crippen molar-refractivity contribution in [3.8, 4) is 5.75 Å². The molecule has 0 radical (unpaired) electrons. The van der Waals surface area contributed by atoms with Gasteiger partial charge in [0.2, 0.25) is 0 Å². The minimum atomic E-state index is -0.537. The average Bonchev–Trinajstić information content (AvgIpc) is 3.35. The summed E-state index contributed by atoms with van der Waals surface area (Å²) in [5, 5.41) is 3.22. The summed E-state index contributed by atoms with van der Waals surface area (Å²) in [5.41, 5.74) is 2.20. The smallest absolute Gasteiger partial charge is 0.493 e. The number of carbonyl (C=O) groups excluding carboxylic acids is 1. The molecule has 37 heavy (non-hydrogen) atoms. The Morgan fingerprint density at radius 2 is 1.59 bits per heavy atom. The van der Waals surface area contributed by atoms with Crippen molar-refractivity contribution in [1.82, 2.24) is 4.98 Å². The van der Waals surface area contributed by atoms with E-state index in [4.69, 9.17) is 18.8 Å². The Labute approximate surface area is 218 Å². The van der Waals surface area contributed by atoms with Gasteiger partial charge in [-0.15, -0.1) is 0 Å². The van der Waals surface area contributed by atoms with Crippen LogP contribution in [0, 0.1) is 0 Å². The van der Waals surface area contributed by atoms with Gasteiger partial charge in [-0.2, -0.15) is 0 Å². The third-order valence-electron chi connectivity index (χ3n) is 7.54. The first kappa shape index (κ1) is 25.4. The van der Waals surface area contributed by atoms with E-state index in [9.17, 15) is 4.79 Å². The van der Waals surface area contributed by atoms with Gasteiger partial charge >= 0.3 is 13.1 Å². The van der Waals surface area contributed by atoms with Crippen molar-refractivity contribution in [2.24, 2.45) is 0 Å². The number of hydrogen-bond acceptors (Lipinski definition) is 5. The Balaban J connectivity index is 1.41. The van der Waals surface area contributed by atoms with Crippen molar-refractivity contribution in [1.29, 1.82) is 0 Å². The van der Waals surface area contributed by atoms with Crippen LogP contribution < -0.4 is 10.2 Å². The van der Waals surface area contributed by atoms with Gasteiger partial charge < -0.3 is 23.8 Å². The van der Waals surface area contributed by atoms with Crippen molar-refractivity contribution in [3.05, 3.63) is 71.9 Å². The highest BCUT2D eigenvalue weighted by Gasteiger charge is 2.52. The Hall–Kier alpha value is -3.29. The molecule has 3 aromatic carbocycles. The maximum atomic E-state index is 12.9. The van der Waals surface area contributed by atoms with E-state index in [-0.39, 0.29) is 5.97 Å². The summed E-state index contributed by atoms with van der Waals surface area (Å²) in [4.78, 5) is 16.3. The number of para-hydroxylation sites is 1. The molecular weight excluding hydrogens is 465 g/mol. The quantitative estimate of drug-likeness (QED) is 0.188. The van der Waals surface area contributed by atoms with Crippen LogP contribution in [-0.2, 0) is 20.5 Å². The van der Waals surface area contributed by atoms with Crippen molar-refractivity contribution in [2.45, 2.75) is 58.7 Å². The number of rotatable bonds is 8. The summed E-state index contributed by atoms with van der Waals surface area (Å²) in [5.74, 6) is 0.509. The zero-order valence-electron chi connectivity index (χ0n) is 22.2. The molecule has 1 aliphatic rings. The summed E-state index contributed by atoms with van der Waals surface area (Å²) < 4.78 is 24.2. The maximum Gasteiger partial charge on any atom is 0.497 e. The topological polar surface area (TPSA) is 69.8 Å². The molecule has 0 atom stereocenters. The first-order chi connectivity index (χ1) is 17.7. The van der Waals surface area contributed by atoms with E-state index in [1.807, 2.05) is 77.1 Å². The number of hydrogen-bond donors (Lipinski definition) is 1. The summed E-state index contributed by atoms with van der Waals surface area (Å²) in [6, 6.07) is 20.3. The van der Waals surface area contributed by atoms with Crippen LogP contribution in [-0.4, -0.2) is 42.5 Å². The number of benzene rings is 3. The van der Waals surface area contributed by atoms with Crippen LogP contribution in [0.5, 0.6) is 5.75 Å². The van der Waals surface area contributed by atoms with E-state index in [0.717, 1.165) is 44.9 Å². The molecule has 0 bridgehead atoms. The molecule has 0 saturated carbocycles. The number of H-pyrrole nitrogens is 1. The number of aryl methyl sites for hydroxylation is 1. The number of aromatic amines is 1. The molecule has 1 fully saturated rings. The van der Waals surface area contributed by atoms with E-state index in [0.29, 0.717) is 25.3 Å². The molecule has 2 heterocycles. The lowest BCUT2D eigenvalue weighted by molar-refractivity contribution is 0.00578. The molecule has 4 aromatic rings. The average molecular weight is 499 g/mol. The van der Waals surface area contributed by atoms with E-state index in [2.05, 4.69) is 23.2 Å². The summed E-state index contributed by atoms with van der Waals surface area (Å²) >= 11 is 0. The van der Waals surface area contributed by atoms with Crippen molar-refractivity contribution in [3.63, 3.8) is 0 Å². The van der Waals surface area contributed by atoms with E-state index < -0.39 is 18.3 Å². The first-order valence-corrected chi connectivity index (χ1v) is 13.0. The zero-order valence-corrected chi connectivity index (χ0v) is 22.2. The third-order valence-corrected chi connectivity index (χ3v) is 7.54. The number of aromatic nitrogens is 1. The number of carbonyl (C=O) groups is 1. The maximum absolute atomic E-state index is 12.9. The van der Waals surface area contributed by atoms with Gasteiger partial charge in [0.1, 0.15) is 11.4 Å². The fourth-order valence-electron chi connectivity index (χ4n) is 4.85. The molecule has 0 spiro atoms. The van der Waals surface area contributed by atoms with Gasteiger partial charge in [0.05, 0.1) is 24.4 Å². The van der Waals surface area contributed by atoms with Crippen molar-refractivity contribution < 1.29 is 23.6 Å². The largest absolute Gasteiger partial charge is 0.497 e. The first-order valence-electron chi connectivity index (χ1n) is 13.0. The van der Waals surface area contributed by atoms with Crippen LogP contribution in [0.25, 0.3) is 21.7 Å². The second-order valence-electron chi connectivity index (χ2n) is 10.5. The van der Waals surface area contributed by atoms with Gasteiger partial charge in [0.25, 0.3) is 0 Å². The summed E-state index contributed by atoms with van der Waals surface area (Å²) in [6.45, 7) is 10.8. The molecule has 1 N–H and O–H groups in total. The van der Waals surface area contributed by atoms with Crippen LogP contribution in [0.3, 0.4) is 0 Å². The zero-order chi connectivity index (χ0) is 26.2. The van der Waals surface area contributed by atoms with Crippen LogP contribution in [0.15, 0.2) is 60.7 Å². The van der Waals surface area contributed by atoms with Gasteiger partial charge in [-0.05, 0) is 64.5 Å². The predicted molar refractivity (Wildman–Crippen MR) is 148 cm³/mol. The highest BCUT2D eigenvalue weighted by molar-refractivity contribution is 6.65. The van der Waals surface area contributed by atoms with Crippen LogP contribution in [0.1, 0.15) is 57.1 Å². The molecule has 0 unspecified atom stereocenters. The number of ether oxygens (including phenoxy) is 2. The Morgan fingerprint density at radius 3 is 2.35 bits per heavy atom. The third kappa shape index (κ3) is 4.74. The molecule has 1 saturated heterocycles. The second-order valence-corrected chi connectivity index (χ2v) is 10.5. The van der Waals surface area contributed by atoms with Gasteiger partial charge in [-0.1, -0.05) is 54.6 Å².